The fourth-order valence-electron chi connectivity index (χ4n) is 2.65. The number of amides is 2. The Labute approximate surface area is 133 Å². The molecule has 0 unspecified atom stereocenters. The average Bonchev–Trinajstić information content (AvgIpc) is 3.02. The highest BCUT2D eigenvalue weighted by atomic mass is 32.1. The van der Waals surface area contributed by atoms with E-state index in [-0.39, 0.29) is 18.4 Å². The van der Waals surface area contributed by atoms with Gasteiger partial charge in [0.2, 0.25) is 11.8 Å². The number of aromatic nitrogens is 1. The molecule has 0 bridgehead atoms. The van der Waals surface area contributed by atoms with Crippen LogP contribution in [-0.2, 0) is 22.6 Å². The van der Waals surface area contributed by atoms with Crippen molar-refractivity contribution in [1.29, 1.82) is 0 Å². The number of hydrogen-bond acceptors (Lipinski definition) is 4. The second-order valence-corrected chi connectivity index (χ2v) is 6.36. The molecule has 2 amide bonds. The summed E-state index contributed by atoms with van der Waals surface area (Å²) >= 11 is 1.50. The van der Waals surface area contributed by atoms with Crippen LogP contribution in [0.5, 0.6) is 0 Å². The summed E-state index contributed by atoms with van der Waals surface area (Å²) in [5, 5.41) is 0. The third-order valence-electron chi connectivity index (χ3n) is 3.81. The summed E-state index contributed by atoms with van der Waals surface area (Å²) in [6, 6.07) is 9.35. The molecular weight excluding hydrogens is 298 g/mol. The van der Waals surface area contributed by atoms with E-state index < -0.39 is 6.04 Å². The van der Waals surface area contributed by atoms with E-state index in [9.17, 15) is 9.59 Å². The van der Waals surface area contributed by atoms with E-state index in [1.807, 2.05) is 30.3 Å². The molecule has 1 saturated heterocycles. The Morgan fingerprint density at radius 2 is 2.05 bits per heavy atom. The maximum absolute atomic E-state index is 12.5. The van der Waals surface area contributed by atoms with Crippen LogP contribution in [0.25, 0.3) is 0 Å². The summed E-state index contributed by atoms with van der Waals surface area (Å²) in [6.45, 7) is 0.587. The summed E-state index contributed by atoms with van der Waals surface area (Å²) < 4.78 is 0. The van der Waals surface area contributed by atoms with Crippen LogP contribution < -0.4 is 0 Å². The average molecular weight is 315 g/mol. The van der Waals surface area contributed by atoms with Gasteiger partial charge < -0.3 is 9.80 Å². The fourth-order valence-corrected chi connectivity index (χ4v) is 3.25. The van der Waals surface area contributed by atoms with Crippen LogP contribution in [0.4, 0.5) is 0 Å². The SMILES string of the molecule is CN1CC(=O)N(Cc2cncs2)[C@@H](Cc2ccccc2)C1=O. The van der Waals surface area contributed by atoms with Crippen molar-refractivity contribution in [3.05, 3.63) is 52.5 Å². The van der Waals surface area contributed by atoms with Crippen LogP contribution in [0.2, 0.25) is 0 Å². The van der Waals surface area contributed by atoms with Gasteiger partial charge in [-0.1, -0.05) is 30.3 Å². The first-order chi connectivity index (χ1) is 10.6. The third-order valence-corrected chi connectivity index (χ3v) is 4.58. The van der Waals surface area contributed by atoms with Gasteiger partial charge in [-0.2, -0.15) is 0 Å². The molecule has 6 heteroatoms. The summed E-state index contributed by atoms with van der Waals surface area (Å²) in [6.07, 6.45) is 2.29. The fraction of sp³-hybridized carbons (Fsp3) is 0.312. The predicted molar refractivity (Wildman–Crippen MR) is 84.2 cm³/mol. The number of rotatable bonds is 4. The molecule has 0 spiro atoms. The highest BCUT2D eigenvalue weighted by molar-refractivity contribution is 7.09. The molecule has 0 saturated carbocycles. The van der Waals surface area contributed by atoms with Crippen LogP contribution in [0, 0.1) is 0 Å². The second-order valence-electron chi connectivity index (χ2n) is 5.39. The summed E-state index contributed by atoms with van der Waals surface area (Å²) in [7, 11) is 1.68. The molecule has 0 radical (unpaired) electrons. The lowest BCUT2D eigenvalue weighted by Gasteiger charge is -2.38. The van der Waals surface area contributed by atoms with Crippen molar-refractivity contribution in [2.24, 2.45) is 0 Å². The largest absolute Gasteiger partial charge is 0.335 e. The molecule has 3 rings (SSSR count). The normalized spacial score (nSPS) is 18.9. The number of nitrogens with zero attached hydrogens (tertiary/aromatic N) is 3. The van der Waals surface area contributed by atoms with Gasteiger partial charge in [-0.25, -0.2) is 0 Å². The van der Waals surface area contributed by atoms with E-state index in [0.717, 1.165) is 10.4 Å². The Morgan fingerprint density at radius 3 is 2.73 bits per heavy atom. The summed E-state index contributed by atoms with van der Waals surface area (Å²) in [5.41, 5.74) is 2.79. The van der Waals surface area contributed by atoms with E-state index in [4.69, 9.17) is 0 Å². The first-order valence-corrected chi connectivity index (χ1v) is 7.99. The molecular formula is C16H17N3O2S. The molecule has 2 heterocycles. The zero-order valence-corrected chi connectivity index (χ0v) is 13.1. The van der Waals surface area contributed by atoms with Crippen LogP contribution in [0.15, 0.2) is 42.0 Å². The van der Waals surface area contributed by atoms with Gasteiger partial charge in [0.05, 0.1) is 18.6 Å². The van der Waals surface area contributed by atoms with Crippen molar-refractivity contribution < 1.29 is 9.59 Å². The highest BCUT2D eigenvalue weighted by Gasteiger charge is 2.37. The van der Waals surface area contributed by atoms with Crippen LogP contribution in [-0.4, -0.2) is 46.2 Å². The predicted octanol–water partition coefficient (Wildman–Crippen LogP) is 1.55. The van der Waals surface area contributed by atoms with Gasteiger partial charge in [-0.3, -0.25) is 14.6 Å². The van der Waals surface area contributed by atoms with E-state index in [2.05, 4.69) is 4.98 Å². The maximum Gasteiger partial charge on any atom is 0.245 e. The van der Waals surface area contributed by atoms with Gasteiger partial charge >= 0.3 is 0 Å². The van der Waals surface area contributed by atoms with E-state index in [0.29, 0.717) is 13.0 Å². The number of piperazine rings is 1. The Morgan fingerprint density at radius 1 is 1.27 bits per heavy atom. The van der Waals surface area contributed by atoms with Gasteiger partial charge in [-0.15, -0.1) is 11.3 Å². The minimum absolute atomic E-state index is 0.00651. The second kappa shape index (κ2) is 6.27. The molecule has 1 aliphatic heterocycles. The first kappa shape index (κ1) is 14.7. The van der Waals surface area contributed by atoms with Crippen LogP contribution in [0.1, 0.15) is 10.4 Å². The van der Waals surface area contributed by atoms with E-state index in [1.54, 1.807) is 23.7 Å². The first-order valence-electron chi connectivity index (χ1n) is 7.11. The molecule has 0 N–H and O–H groups in total. The molecule has 114 valence electrons. The minimum atomic E-state index is -0.448. The standard InChI is InChI=1S/C16H17N3O2S/c1-18-10-15(20)19(9-13-8-17-11-22-13)14(16(18)21)7-12-5-3-2-4-6-12/h2-6,8,11,14H,7,9-10H2,1H3/t14-/m0/s1. The molecule has 0 aliphatic carbocycles. The lowest BCUT2D eigenvalue weighted by atomic mass is 10.0. The van der Waals surface area contributed by atoms with Crippen molar-refractivity contribution in [3.63, 3.8) is 0 Å². The number of carbonyl (C=O) groups excluding carboxylic acids is 2. The van der Waals surface area contributed by atoms with Gasteiger partial charge in [-0.05, 0) is 5.56 Å². The van der Waals surface area contributed by atoms with Crippen LogP contribution in [0.3, 0.4) is 0 Å². The lowest BCUT2D eigenvalue weighted by Crippen LogP contribution is -2.59. The van der Waals surface area contributed by atoms with Gasteiger partial charge in [0.15, 0.2) is 0 Å². The Balaban J connectivity index is 1.85. The van der Waals surface area contributed by atoms with Crippen molar-refractivity contribution in [2.75, 3.05) is 13.6 Å². The van der Waals surface area contributed by atoms with E-state index >= 15 is 0 Å². The Kier molecular flexibility index (Phi) is 4.20. The molecule has 1 aliphatic rings. The number of hydrogen-bond donors (Lipinski definition) is 0. The number of likely N-dealkylation sites (N-methyl/N-ethyl adjacent to an activating group) is 1. The van der Waals surface area contributed by atoms with Gasteiger partial charge in [0.1, 0.15) is 6.04 Å². The zero-order chi connectivity index (χ0) is 15.5. The smallest absolute Gasteiger partial charge is 0.245 e. The number of benzene rings is 1. The third kappa shape index (κ3) is 3.01. The summed E-state index contributed by atoms with van der Waals surface area (Å²) in [5.74, 6) is -0.0237. The zero-order valence-electron chi connectivity index (χ0n) is 12.3. The minimum Gasteiger partial charge on any atom is -0.335 e. The van der Waals surface area contributed by atoms with Gasteiger partial charge in [0.25, 0.3) is 0 Å². The van der Waals surface area contributed by atoms with Crippen LogP contribution >= 0.6 is 11.3 Å². The molecule has 1 aromatic heterocycles. The monoisotopic (exact) mass is 315 g/mol. The number of thiazole rings is 1. The molecule has 1 aromatic carbocycles. The molecule has 2 aromatic rings. The van der Waals surface area contributed by atoms with Crippen molar-refractivity contribution in [3.8, 4) is 0 Å². The lowest BCUT2D eigenvalue weighted by molar-refractivity contribution is -0.155. The topological polar surface area (TPSA) is 53.5 Å². The molecule has 22 heavy (non-hydrogen) atoms. The molecule has 1 atom stereocenters. The molecule has 1 fully saturated rings. The van der Waals surface area contributed by atoms with E-state index in [1.165, 1.54) is 16.2 Å². The summed E-state index contributed by atoms with van der Waals surface area (Å²) in [4.78, 5) is 33.2. The van der Waals surface area contributed by atoms with Crippen molar-refractivity contribution in [1.82, 2.24) is 14.8 Å². The van der Waals surface area contributed by atoms with Crippen molar-refractivity contribution >= 4 is 23.2 Å². The van der Waals surface area contributed by atoms with Gasteiger partial charge in [0, 0.05) is 24.5 Å². The highest BCUT2D eigenvalue weighted by Crippen LogP contribution is 2.20. The maximum atomic E-state index is 12.5. The molecule has 5 nitrogen and oxygen atoms in total. The number of carbonyl (C=O) groups is 2. The quantitative estimate of drug-likeness (QED) is 0.860. The van der Waals surface area contributed by atoms with Crippen molar-refractivity contribution in [2.45, 2.75) is 19.0 Å². The Hall–Kier alpha value is -2.21. The Bertz CT molecular complexity index is 657.